The topological polar surface area (TPSA) is 38.5 Å². The van der Waals surface area contributed by atoms with Gasteiger partial charge in [0, 0.05) is 31.8 Å². The molecule has 1 aliphatic heterocycles. The van der Waals surface area contributed by atoms with Gasteiger partial charge in [-0.1, -0.05) is 30.3 Å². The molecule has 3 heteroatoms. The summed E-state index contributed by atoms with van der Waals surface area (Å²) >= 11 is 0. The molecule has 0 aromatic heterocycles. The summed E-state index contributed by atoms with van der Waals surface area (Å²) in [5, 5.41) is 0. The largest absolute Gasteiger partial charge is 0.381 e. The van der Waals surface area contributed by atoms with Gasteiger partial charge in [-0.2, -0.15) is 0 Å². The van der Waals surface area contributed by atoms with Crippen molar-refractivity contribution in [3.63, 3.8) is 0 Å². The van der Waals surface area contributed by atoms with E-state index in [9.17, 15) is 0 Å². The summed E-state index contributed by atoms with van der Waals surface area (Å²) < 4.78 is 5.40. The average molecular weight is 262 g/mol. The van der Waals surface area contributed by atoms with E-state index in [1.54, 1.807) is 0 Å². The SMILES string of the molecule is CN(CC(N)CCc1ccccc1)C1CCOCC1. The van der Waals surface area contributed by atoms with Gasteiger partial charge in [-0.3, -0.25) is 0 Å². The van der Waals surface area contributed by atoms with Gasteiger partial charge in [-0.05, 0) is 38.3 Å². The van der Waals surface area contributed by atoms with Crippen LogP contribution in [0.1, 0.15) is 24.8 Å². The fourth-order valence-corrected chi connectivity index (χ4v) is 2.73. The Labute approximate surface area is 116 Å². The number of benzene rings is 1. The molecular formula is C16H26N2O. The molecule has 19 heavy (non-hydrogen) atoms. The third-order valence-electron chi connectivity index (χ3n) is 3.98. The maximum Gasteiger partial charge on any atom is 0.0480 e. The lowest BCUT2D eigenvalue weighted by molar-refractivity contribution is 0.0411. The molecule has 3 nitrogen and oxygen atoms in total. The second kappa shape index (κ2) is 7.63. The van der Waals surface area contributed by atoms with Crippen LogP contribution in [0, 0.1) is 0 Å². The Hall–Kier alpha value is -0.900. The van der Waals surface area contributed by atoms with E-state index >= 15 is 0 Å². The summed E-state index contributed by atoms with van der Waals surface area (Å²) in [6.07, 6.45) is 4.41. The predicted molar refractivity (Wildman–Crippen MR) is 79.2 cm³/mol. The molecule has 0 bridgehead atoms. The van der Waals surface area contributed by atoms with Gasteiger partial charge in [0.1, 0.15) is 0 Å². The van der Waals surface area contributed by atoms with Crippen LogP contribution in [0.15, 0.2) is 30.3 Å². The predicted octanol–water partition coefficient (Wildman–Crippen LogP) is 2.06. The summed E-state index contributed by atoms with van der Waals surface area (Å²) in [4.78, 5) is 2.41. The molecule has 1 saturated heterocycles. The Balaban J connectivity index is 1.70. The molecule has 2 rings (SSSR count). The van der Waals surface area contributed by atoms with Crippen LogP contribution in [-0.2, 0) is 11.2 Å². The lowest BCUT2D eigenvalue weighted by Gasteiger charge is -2.32. The molecule has 0 saturated carbocycles. The zero-order valence-corrected chi connectivity index (χ0v) is 11.9. The molecule has 1 unspecified atom stereocenters. The van der Waals surface area contributed by atoms with Crippen LogP contribution in [-0.4, -0.2) is 43.8 Å². The molecule has 0 spiro atoms. The number of nitrogens with two attached hydrogens (primary N) is 1. The van der Waals surface area contributed by atoms with Gasteiger partial charge in [0.2, 0.25) is 0 Å². The van der Waals surface area contributed by atoms with E-state index in [4.69, 9.17) is 10.5 Å². The van der Waals surface area contributed by atoms with Gasteiger partial charge in [0.25, 0.3) is 0 Å². The number of aryl methyl sites for hydroxylation is 1. The third-order valence-corrected chi connectivity index (χ3v) is 3.98. The highest BCUT2D eigenvalue weighted by atomic mass is 16.5. The first kappa shape index (κ1) is 14.5. The van der Waals surface area contributed by atoms with Crippen molar-refractivity contribution in [2.45, 2.75) is 37.8 Å². The minimum atomic E-state index is 0.257. The molecule has 0 amide bonds. The summed E-state index contributed by atoms with van der Waals surface area (Å²) in [6, 6.07) is 11.5. The van der Waals surface area contributed by atoms with E-state index < -0.39 is 0 Å². The zero-order valence-electron chi connectivity index (χ0n) is 11.9. The van der Waals surface area contributed by atoms with Crippen LogP contribution in [0.25, 0.3) is 0 Å². The van der Waals surface area contributed by atoms with E-state index in [1.807, 2.05) is 0 Å². The second-order valence-electron chi connectivity index (χ2n) is 5.57. The normalized spacial score (nSPS) is 18.7. The van der Waals surface area contributed by atoms with Crippen molar-refractivity contribution < 1.29 is 4.74 Å². The fraction of sp³-hybridized carbons (Fsp3) is 0.625. The quantitative estimate of drug-likeness (QED) is 0.853. The molecule has 1 aromatic carbocycles. The summed E-state index contributed by atoms with van der Waals surface area (Å²) in [5.41, 5.74) is 7.64. The highest BCUT2D eigenvalue weighted by Crippen LogP contribution is 2.13. The van der Waals surface area contributed by atoms with Crippen LogP contribution in [0.4, 0.5) is 0 Å². The monoisotopic (exact) mass is 262 g/mol. The van der Waals surface area contributed by atoms with Gasteiger partial charge >= 0.3 is 0 Å². The van der Waals surface area contributed by atoms with Crippen molar-refractivity contribution >= 4 is 0 Å². The smallest absolute Gasteiger partial charge is 0.0480 e. The summed E-state index contributed by atoms with van der Waals surface area (Å²) in [6.45, 7) is 2.78. The molecule has 0 radical (unpaired) electrons. The third kappa shape index (κ3) is 4.94. The van der Waals surface area contributed by atoms with E-state index in [0.29, 0.717) is 6.04 Å². The number of ether oxygens (including phenoxy) is 1. The minimum Gasteiger partial charge on any atom is -0.381 e. The van der Waals surface area contributed by atoms with Crippen molar-refractivity contribution in [3.8, 4) is 0 Å². The number of rotatable bonds is 6. The van der Waals surface area contributed by atoms with Gasteiger partial charge in [0.15, 0.2) is 0 Å². The van der Waals surface area contributed by atoms with Crippen molar-refractivity contribution in [2.75, 3.05) is 26.8 Å². The number of nitrogens with zero attached hydrogens (tertiary/aromatic N) is 1. The Morgan fingerprint density at radius 3 is 2.63 bits per heavy atom. The lowest BCUT2D eigenvalue weighted by Crippen LogP contribution is -2.43. The van der Waals surface area contributed by atoms with E-state index in [1.165, 1.54) is 5.56 Å². The highest BCUT2D eigenvalue weighted by Gasteiger charge is 2.19. The first-order valence-electron chi connectivity index (χ1n) is 7.33. The van der Waals surface area contributed by atoms with Crippen LogP contribution in [0.5, 0.6) is 0 Å². The molecule has 1 heterocycles. The molecule has 106 valence electrons. The van der Waals surface area contributed by atoms with E-state index in [0.717, 1.165) is 45.4 Å². The summed E-state index contributed by atoms with van der Waals surface area (Å²) in [7, 11) is 2.19. The van der Waals surface area contributed by atoms with Crippen molar-refractivity contribution in [3.05, 3.63) is 35.9 Å². The van der Waals surface area contributed by atoms with Crippen LogP contribution in [0.2, 0.25) is 0 Å². The first-order chi connectivity index (χ1) is 9.25. The highest BCUT2D eigenvalue weighted by molar-refractivity contribution is 5.14. The molecular weight excluding hydrogens is 236 g/mol. The number of likely N-dealkylation sites (N-methyl/N-ethyl adjacent to an activating group) is 1. The maximum absolute atomic E-state index is 6.26. The molecule has 1 aromatic rings. The maximum atomic E-state index is 6.26. The van der Waals surface area contributed by atoms with Crippen molar-refractivity contribution in [1.82, 2.24) is 4.90 Å². The number of hydrogen-bond acceptors (Lipinski definition) is 3. The average Bonchev–Trinajstić information content (AvgIpc) is 2.47. The van der Waals surface area contributed by atoms with E-state index in [2.05, 4.69) is 42.3 Å². The van der Waals surface area contributed by atoms with Crippen molar-refractivity contribution in [2.24, 2.45) is 5.73 Å². The zero-order chi connectivity index (χ0) is 13.5. The Morgan fingerprint density at radius 1 is 1.26 bits per heavy atom. The first-order valence-corrected chi connectivity index (χ1v) is 7.33. The lowest BCUT2D eigenvalue weighted by atomic mass is 10.0. The molecule has 1 atom stereocenters. The second-order valence-corrected chi connectivity index (χ2v) is 5.57. The van der Waals surface area contributed by atoms with Gasteiger partial charge in [-0.25, -0.2) is 0 Å². The number of hydrogen-bond donors (Lipinski definition) is 1. The van der Waals surface area contributed by atoms with Crippen LogP contribution < -0.4 is 5.73 Å². The fourth-order valence-electron chi connectivity index (χ4n) is 2.73. The van der Waals surface area contributed by atoms with E-state index in [-0.39, 0.29) is 6.04 Å². The van der Waals surface area contributed by atoms with Crippen LogP contribution >= 0.6 is 0 Å². The van der Waals surface area contributed by atoms with Gasteiger partial charge in [-0.15, -0.1) is 0 Å². The molecule has 0 aliphatic carbocycles. The molecule has 1 fully saturated rings. The van der Waals surface area contributed by atoms with Gasteiger partial charge < -0.3 is 15.4 Å². The molecule has 1 aliphatic rings. The summed E-state index contributed by atoms with van der Waals surface area (Å²) in [5.74, 6) is 0. The standard InChI is InChI=1S/C16H26N2O/c1-18(16-9-11-19-12-10-16)13-15(17)8-7-14-5-3-2-4-6-14/h2-6,15-16H,7-13,17H2,1H3. The minimum absolute atomic E-state index is 0.257. The molecule has 2 N–H and O–H groups in total. The van der Waals surface area contributed by atoms with Crippen molar-refractivity contribution in [1.29, 1.82) is 0 Å². The Kier molecular flexibility index (Phi) is 5.83. The Bertz CT molecular complexity index is 349. The van der Waals surface area contributed by atoms with Crippen LogP contribution in [0.3, 0.4) is 0 Å². The Morgan fingerprint density at radius 2 is 1.95 bits per heavy atom. The van der Waals surface area contributed by atoms with Gasteiger partial charge in [0.05, 0.1) is 0 Å².